The highest BCUT2D eigenvalue weighted by molar-refractivity contribution is 5.71. The summed E-state index contributed by atoms with van der Waals surface area (Å²) in [4.78, 5) is 11.5. The molecule has 1 heterocycles. The molecule has 2 aliphatic rings. The van der Waals surface area contributed by atoms with Crippen molar-refractivity contribution in [2.45, 2.75) is 45.3 Å². The molecule has 0 aromatic heterocycles. The SMILES string of the molecule is CC(C)(C)OC(=O)COC1CNCC12CC2. The van der Waals surface area contributed by atoms with E-state index in [1.165, 1.54) is 12.8 Å². The quantitative estimate of drug-likeness (QED) is 0.733. The number of esters is 1. The van der Waals surface area contributed by atoms with Gasteiger partial charge in [0.05, 0.1) is 6.10 Å². The van der Waals surface area contributed by atoms with Crippen LogP contribution < -0.4 is 5.32 Å². The first-order valence-corrected chi connectivity index (χ1v) is 5.95. The Labute approximate surface area is 96.7 Å². The van der Waals surface area contributed by atoms with Gasteiger partial charge in [0.2, 0.25) is 0 Å². The molecule has 16 heavy (non-hydrogen) atoms. The largest absolute Gasteiger partial charge is 0.458 e. The van der Waals surface area contributed by atoms with Crippen LogP contribution in [0.3, 0.4) is 0 Å². The molecule has 1 saturated heterocycles. The molecular weight excluding hydrogens is 206 g/mol. The molecule has 1 saturated carbocycles. The number of ether oxygens (including phenoxy) is 2. The number of hydrogen-bond acceptors (Lipinski definition) is 4. The molecule has 2 rings (SSSR count). The van der Waals surface area contributed by atoms with E-state index >= 15 is 0 Å². The summed E-state index contributed by atoms with van der Waals surface area (Å²) >= 11 is 0. The van der Waals surface area contributed by atoms with Crippen LogP contribution in [0.1, 0.15) is 33.6 Å². The lowest BCUT2D eigenvalue weighted by Crippen LogP contribution is -2.31. The van der Waals surface area contributed by atoms with E-state index < -0.39 is 5.60 Å². The first kappa shape index (κ1) is 11.9. The summed E-state index contributed by atoms with van der Waals surface area (Å²) < 4.78 is 10.9. The second-order valence-corrected chi connectivity index (χ2v) is 5.88. The van der Waals surface area contributed by atoms with Crippen molar-refractivity contribution in [1.82, 2.24) is 5.32 Å². The van der Waals surface area contributed by atoms with E-state index in [0.717, 1.165) is 13.1 Å². The lowest BCUT2D eigenvalue weighted by Gasteiger charge is -2.21. The Kier molecular flexibility index (Phi) is 2.97. The van der Waals surface area contributed by atoms with Gasteiger partial charge in [-0.3, -0.25) is 0 Å². The van der Waals surface area contributed by atoms with Gasteiger partial charge in [0.1, 0.15) is 12.2 Å². The smallest absolute Gasteiger partial charge is 0.332 e. The maximum Gasteiger partial charge on any atom is 0.332 e. The van der Waals surface area contributed by atoms with E-state index in [9.17, 15) is 4.79 Å². The average molecular weight is 227 g/mol. The Balaban J connectivity index is 1.73. The van der Waals surface area contributed by atoms with Gasteiger partial charge in [-0.15, -0.1) is 0 Å². The van der Waals surface area contributed by atoms with E-state index in [2.05, 4.69) is 5.32 Å². The average Bonchev–Trinajstić information content (AvgIpc) is 2.75. The molecule has 4 nitrogen and oxygen atoms in total. The van der Waals surface area contributed by atoms with Gasteiger partial charge < -0.3 is 14.8 Å². The molecule has 0 aromatic carbocycles. The number of carbonyl (C=O) groups is 1. The van der Waals surface area contributed by atoms with Gasteiger partial charge in [0.25, 0.3) is 0 Å². The molecule has 0 bridgehead atoms. The molecule has 1 atom stereocenters. The number of hydrogen-bond donors (Lipinski definition) is 1. The van der Waals surface area contributed by atoms with E-state index in [4.69, 9.17) is 9.47 Å². The van der Waals surface area contributed by atoms with E-state index in [0.29, 0.717) is 5.41 Å². The minimum Gasteiger partial charge on any atom is -0.458 e. The van der Waals surface area contributed by atoms with Crippen LogP contribution in [0.25, 0.3) is 0 Å². The highest BCUT2D eigenvalue weighted by atomic mass is 16.6. The van der Waals surface area contributed by atoms with E-state index in [1.807, 2.05) is 20.8 Å². The highest BCUT2D eigenvalue weighted by Gasteiger charge is 2.53. The monoisotopic (exact) mass is 227 g/mol. The zero-order valence-corrected chi connectivity index (χ0v) is 10.3. The van der Waals surface area contributed by atoms with Crippen molar-refractivity contribution in [3.05, 3.63) is 0 Å². The lowest BCUT2D eigenvalue weighted by molar-refractivity contribution is -0.162. The van der Waals surface area contributed by atoms with Gasteiger partial charge >= 0.3 is 5.97 Å². The van der Waals surface area contributed by atoms with Crippen LogP contribution in [-0.2, 0) is 14.3 Å². The molecule has 2 fully saturated rings. The second kappa shape index (κ2) is 4.00. The number of carbonyl (C=O) groups excluding carboxylic acids is 1. The van der Waals surface area contributed by atoms with Crippen molar-refractivity contribution < 1.29 is 14.3 Å². The Morgan fingerprint density at radius 1 is 1.44 bits per heavy atom. The molecule has 1 spiro atoms. The summed E-state index contributed by atoms with van der Waals surface area (Å²) in [6.07, 6.45) is 2.64. The maximum atomic E-state index is 11.5. The van der Waals surface area contributed by atoms with Gasteiger partial charge in [0.15, 0.2) is 0 Å². The summed E-state index contributed by atoms with van der Waals surface area (Å²) in [5.74, 6) is -0.268. The predicted molar refractivity (Wildman–Crippen MR) is 60.1 cm³/mol. The van der Waals surface area contributed by atoms with E-state index in [-0.39, 0.29) is 18.7 Å². The van der Waals surface area contributed by atoms with Crippen molar-refractivity contribution >= 4 is 5.97 Å². The maximum absolute atomic E-state index is 11.5. The molecule has 1 aliphatic carbocycles. The van der Waals surface area contributed by atoms with Crippen LogP contribution in [0.5, 0.6) is 0 Å². The zero-order valence-electron chi connectivity index (χ0n) is 10.3. The summed E-state index contributed by atoms with van der Waals surface area (Å²) in [5.41, 5.74) is -0.0896. The van der Waals surface area contributed by atoms with Gasteiger partial charge in [-0.2, -0.15) is 0 Å². The molecular formula is C12H21NO3. The zero-order chi connectivity index (χ0) is 11.8. The molecule has 0 aromatic rings. The highest BCUT2D eigenvalue weighted by Crippen LogP contribution is 2.51. The number of rotatable bonds is 3. The second-order valence-electron chi connectivity index (χ2n) is 5.88. The van der Waals surface area contributed by atoms with Crippen molar-refractivity contribution in [3.63, 3.8) is 0 Å². The first-order valence-electron chi connectivity index (χ1n) is 5.95. The lowest BCUT2D eigenvalue weighted by atomic mass is 10.0. The molecule has 4 heteroatoms. The van der Waals surface area contributed by atoms with Crippen molar-refractivity contribution in [2.75, 3.05) is 19.7 Å². The molecule has 1 aliphatic heterocycles. The fraction of sp³-hybridized carbons (Fsp3) is 0.917. The molecule has 92 valence electrons. The Hall–Kier alpha value is -0.610. The summed E-state index contributed by atoms with van der Waals surface area (Å²) in [6.45, 7) is 7.57. The van der Waals surface area contributed by atoms with Gasteiger partial charge in [-0.05, 0) is 33.6 Å². The Bertz CT molecular complexity index is 278. The summed E-state index contributed by atoms with van der Waals surface area (Å²) in [7, 11) is 0. The fourth-order valence-electron chi connectivity index (χ4n) is 2.22. The van der Waals surface area contributed by atoms with Gasteiger partial charge in [-0.25, -0.2) is 4.79 Å². The van der Waals surface area contributed by atoms with Crippen molar-refractivity contribution in [2.24, 2.45) is 5.41 Å². The van der Waals surface area contributed by atoms with Crippen LogP contribution >= 0.6 is 0 Å². The normalized spacial score (nSPS) is 27.1. The molecule has 0 amide bonds. The topological polar surface area (TPSA) is 47.6 Å². The number of nitrogens with one attached hydrogen (secondary N) is 1. The fourth-order valence-corrected chi connectivity index (χ4v) is 2.22. The third-order valence-corrected chi connectivity index (χ3v) is 3.20. The molecule has 1 N–H and O–H groups in total. The summed E-state index contributed by atoms with van der Waals surface area (Å²) in [5, 5.41) is 3.32. The standard InChI is InChI=1S/C12H21NO3/c1-11(2,3)16-10(14)7-15-9-6-13-8-12(9)4-5-12/h9,13H,4-8H2,1-3H3. The Morgan fingerprint density at radius 2 is 2.12 bits per heavy atom. The van der Waals surface area contributed by atoms with Crippen LogP contribution in [-0.4, -0.2) is 37.4 Å². The summed E-state index contributed by atoms with van der Waals surface area (Å²) in [6, 6.07) is 0. The van der Waals surface area contributed by atoms with Gasteiger partial charge in [-0.1, -0.05) is 0 Å². The third kappa shape index (κ3) is 2.74. The molecule has 1 unspecified atom stereocenters. The predicted octanol–water partition coefficient (Wildman–Crippen LogP) is 1.10. The van der Waals surface area contributed by atoms with E-state index in [1.54, 1.807) is 0 Å². The van der Waals surface area contributed by atoms with Crippen LogP contribution in [0, 0.1) is 5.41 Å². The van der Waals surface area contributed by atoms with Crippen molar-refractivity contribution in [1.29, 1.82) is 0 Å². The minimum atomic E-state index is -0.425. The Morgan fingerprint density at radius 3 is 2.69 bits per heavy atom. The third-order valence-electron chi connectivity index (χ3n) is 3.20. The van der Waals surface area contributed by atoms with Crippen LogP contribution in [0.15, 0.2) is 0 Å². The van der Waals surface area contributed by atoms with Gasteiger partial charge in [0, 0.05) is 18.5 Å². The van der Waals surface area contributed by atoms with Crippen molar-refractivity contribution in [3.8, 4) is 0 Å². The van der Waals surface area contributed by atoms with Crippen LogP contribution in [0.2, 0.25) is 0 Å². The van der Waals surface area contributed by atoms with Crippen LogP contribution in [0.4, 0.5) is 0 Å². The first-order chi connectivity index (χ1) is 7.41. The minimum absolute atomic E-state index is 0.0748. The molecule has 0 radical (unpaired) electrons.